The number of carboxylic acids is 1. The van der Waals surface area contributed by atoms with Gasteiger partial charge in [-0.25, -0.2) is 4.98 Å². The summed E-state index contributed by atoms with van der Waals surface area (Å²) in [5.41, 5.74) is -1.22. The Labute approximate surface area is 117 Å². The second kappa shape index (κ2) is 6.13. The number of rotatable bonds is 4. The molecule has 1 heterocycles. The number of aromatic nitrogens is 1. The van der Waals surface area contributed by atoms with E-state index in [4.69, 9.17) is 10.4 Å². The summed E-state index contributed by atoms with van der Waals surface area (Å²) < 4.78 is 37.8. The van der Waals surface area contributed by atoms with Crippen LogP contribution in [0.3, 0.4) is 0 Å². The quantitative estimate of drug-likeness (QED) is 0.865. The number of hydrogen-bond acceptors (Lipinski definition) is 4. The first-order chi connectivity index (χ1) is 9.16. The number of halogens is 3. The zero-order valence-electron chi connectivity index (χ0n) is 10.6. The molecule has 1 rings (SSSR count). The molecule has 0 bridgehead atoms. The van der Waals surface area contributed by atoms with Gasteiger partial charge in [0.25, 0.3) is 0 Å². The monoisotopic (exact) mass is 304 g/mol. The summed E-state index contributed by atoms with van der Waals surface area (Å²) in [6, 6.07) is 3.41. The van der Waals surface area contributed by atoms with E-state index < -0.39 is 23.1 Å². The van der Waals surface area contributed by atoms with Crippen LogP contribution in [-0.4, -0.2) is 21.3 Å². The first-order valence-corrected chi connectivity index (χ1v) is 6.42. The van der Waals surface area contributed by atoms with Crippen molar-refractivity contribution in [1.29, 1.82) is 5.26 Å². The summed E-state index contributed by atoms with van der Waals surface area (Å²) in [4.78, 5) is 14.4. The van der Waals surface area contributed by atoms with Crippen LogP contribution < -0.4 is 0 Å². The van der Waals surface area contributed by atoms with Crippen molar-refractivity contribution in [2.45, 2.75) is 30.3 Å². The van der Waals surface area contributed by atoms with E-state index in [1.807, 2.05) is 0 Å². The normalized spacial score (nSPS) is 13.1. The molecule has 20 heavy (non-hydrogen) atoms. The number of carboxylic acid groups (broad SMARTS) is 1. The van der Waals surface area contributed by atoms with Gasteiger partial charge in [0.2, 0.25) is 0 Å². The number of nitriles is 1. The van der Waals surface area contributed by atoms with Gasteiger partial charge in [-0.1, -0.05) is 25.6 Å². The minimum absolute atomic E-state index is 0.0742. The Morgan fingerprint density at radius 3 is 2.45 bits per heavy atom. The summed E-state index contributed by atoms with van der Waals surface area (Å²) in [7, 11) is 0. The molecule has 1 aromatic heterocycles. The highest BCUT2D eigenvalue weighted by molar-refractivity contribution is 8.00. The fourth-order valence-corrected chi connectivity index (χ4v) is 2.37. The Bertz CT molecular complexity index is 553. The van der Waals surface area contributed by atoms with Crippen molar-refractivity contribution in [3.63, 3.8) is 0 Å². The third-order valence-electron chi connectivity index (χ3n) is 2.36. The highest BCUT2D eigenvalue weighted by Gasteiger charge is 2.34. The molecule has 0 saturated heterocycles. The van der Waals surface area contributed by atoms with Gasteiger partial charge in [0.05, 0.1) is 5.56 Å². The van der Waals surface area contributed by atoms with Gasteiger partial charge in [-0.2, -0.15) is 18.4 Å². The van der Waals surface area contributed by atoms with Gasteiger partial charge in [0, 0.05) is 0 Å². The van der Waals surface area contributed by atoms with E-state index in [2.05, 4.69) is 4.98 Å². The van der Waals surface area contributed by atoms with Crippen molar-refractivity contribution >= 4 is 17.7 Å². The average Bonchev–Trinajstić information content (AvgIpc) is 2.33. The van der Waals surface area contributed by atoms with Crippen molar-refractivity contribution < 1.29 is 23.1 Å². The Hall–Kier alpha value is -1.75. The van der Waals surface area contributed by atoms with Gasteiger partial charge in [0.15, 0.2) is 0 Å². The molecule has 4 nitrogen and oxygen atoms in total. The minimum Gasteiger partial charge on any atom is -0.480 e. The smallest absolute Gasteiger partial charge is 0.433 e. The van der Waals surface area contributed by atoms with E-state index >= 15 is 0 Å². The standard InChI is InChI=1S/C12H11F3N2O2S/c1-6(2)9(11(18)19)20-10-7(5-16)3-4-8(17-10)12(13,14)15/h3-4,6,9H,1-2H3,(H,18,19). The van der Waals surface area contributed by atoms with Crippen LogP contribution in [0.5, 0.6) is 0 Å². The van der Waals surface area contributed by atoms with E-state index in [0.29, 0.717) is 17.8 Å². The lowest BCUT2D eigenvalue weighted by Gasteiger charge is -2.16. The largest absolute Gasteiger partial charge is 0.480 e. The molecule has 1 unspecified atom stereocenters. The molecule has 0 radical (unpaired) electrons. The van der Waals surface area contributed by atoms with Crippen LogP contribution in [0, 0.1) is 17.2 Å². The summed E-state index contributed by atoms with van der Waals surface area (Å²) in [5.74, 6) is -1.48. The molecule has 8 heteroatoms. The van der Waals surface area contributed by atoms with Crippen molar-refractivity contribution in [3.8, 4) is 6.07 Å². The fourth-order valence-electron chi connectivity index (χ4n) is 1.37. The number of hydrogen-bond donors (Lipinski definition) is 1. The molecular weight excluding hydrogens is 293 g/mol. The number of carbonyl (C=O) groups is 1. The van der Waals surface area contributed by atoms with E-state index in [-0.39, 0.29) is 16.5 Å². The molecule has 0 aliphatic carbocycles. The molecular formula is C12H11F3N2O2S. The van der Waals surface area contributed by atoms with E-state index in [1.54, 1.807) is 19.9 Å². The fraction of sp³-hybridized carbons (Fsp3) is 0.417. The Kier molecular flexibility index (Phi) is 5.00. The van der Waals surface area contributed by atoms with Crippen LogP contribution >= 0.6 is 11.8 Å². The Balaban J connectivity index is 3.22. The topological polar surface area (TPSA) is 74.0 Å². The van der Waals surface area contributed by atoms with E-state index in [9.17, 15) is 18.0 Å². The van der Waals surface area contributed by atoms with Crippen molar-refractivity contribution in [2.75, 3.05) is 0 Å². The number of pyridine rings is 1. The predicted octanol–water partition coefficient (Wildman–Crippen LogP) is 3.17. The molecule has 0 aliphatic rings. The minimum atomic E-state index is -4.64. The summed E-state index contributed by atoms with van der Waals surface area (Å²) in [6.45, 7) is 3.26. The third-order valence-corrected chi connectivity index (χ3v) is 3.89. The molecule has 1 aromatic rings. The Morgan fingerprint density at radius 2 is 2.05 bits per heavy atom. The maximum Gasteiger partial charge on any atom is 0.433 e. The van der Waals surface area contributed by atoms with Crippen molar-refractivity contribution in [1.82, 2.24) is 4.98 Å². The lowest BCUT2D eigenvalue weighted by atomic mass is 10.1. The molecule has 0 amide bonds. The lowest BCUT2D eigenvalue weighted by Crippen LogP contribution is -2.23. The number of thioether (sulfide) groups is 1. The average molecular weight is 304 g/mol. The van der Waals surface area contributed by atoms with Crippen LogP contribution in [0.2, 0.25) is 0 Å². The predicted molar refractivity (Wildman–Crippen MR) is 66.1 cm³/mol. The van der Waals surface area contributed by atoms with Crippen LogP contribution in [-0.2, 0) is 11.0 Å². The van der Waals surface area contributed by atoms with E-state index in [1.165, 1.54) is 0 Å². The summed E-state index contributed by atoms with van der Waals surface area (Å²) in [5, 5.41) is 16.7. The highest BCUT2D eigenvalue weighted by Crippen LogP contribution is 2.33. The molecule has 0 fully saturated rings. The van der Waals surface area contributed by atoms with Gasteiger partial charge in [-0.3, -0.25) is 4.79 Å². The maximum atomic E-state index is 12.6. The molecule has 0 spiro atoms. The van der Waals surface area contributed by atoms with Crippen molar-refractivity contribution in [2.24, 2.45) is 5.92 Å². The lowest BCUT2D eigenvalue weighted by molar-refractivity contribution is -0.141. The molecule has 1 atom stereocenters. The molecule has 0 aliphatic heterocycles. The number of alkyl halides is 3. The van der Waals surface area contributed by atoms with Gasteiger partial charge in [-0.05, 0) is 18.1 Å². The van der Waals surface area contributed by atoms with Gasteiger partial charge in [-0.15, -0.1) is 0 Å². The third kappa shape index (κ3) is 3.87. The van der Waals surface area contributed by atoms with Gasteiger partial charge < -0.3 is 5.11 Å². The van der Waals surface area contributed by atoms with Crippen LogP contribution in [0.25, 0.3) is 0 Å². The van der Waals surface area contributed by atoms with E-state index in [0.717, 1.165) is 6.07 Å². The molecule has 108 valence electrons. The van der Waals surface area contributed by atoms with Crippen LogP contribution in [0.15, 0.2) is 17.2 Å². The van der Waals surface area contributed by atoms with Crippen LogP contribution in [0.1, 0.15) is 25.1 Å². The second-order valence-electron chi connectivity index (χ2n) is 4.28. The zero-order chi connectivity index (χ0) is 15.5. The van der Waals surface area contributed by atoms with Gasteiger partial charge >= 0.3 is 12.1 Å². The van der Waals surface area contributed by atoms with Crippen molar-refractivity contribution in [3.05, 3.63) is 23.4 Å². The summed E-state index contributed by atoms with van der Waals surface area (Å²) in [6.07, 6.45) is -4.64. The number of nitrogens with zero attached hydrogens (tertiary/aromatic N) is 2. The first kappa shape index (κ1) is 16.3. The highest BCUT2D eigenvalue weighted by atomic mass is 32.2. The maximum absolute atomic E-state index is 12.6. The number of aliphatic carboxylic acids is 1. The molecule has 1 N–H and O–H groups in total. The first-order valence-electron chi connectivity index (χ1n) is 5.54. The Morgan fingerprint density at radius 1 is 1.45 bits per heavy atom. The van der Waals surface area contributed by atoms with Gasteiger partial charge in [0.1, 0.15) is 22.0 Å². The molecule has 0 aromatic carbocycles. The molecule has 0 saturated carbocycles. The SMILES string of the molecule is CC(C)C(Sc1nc(C(F)(F)F)ccc1C#N)C(=O)O. The second-order valence-corrected chi connectivity index (χ2v) is 5.41. The van der Waals surface area contributed by atoms with Crippen LogP contribution in [0.4, 0.5) is 13.2 Å². The summed E-state index contributed by atoms with van der Waals surface area (Å²) >= 11 is 0.653. The zero-order valence-corrected chi connectivity index (χ0v) is 11.4.